The lowest BCUT2D eigenvalue weighted by Crippen LogP contribution is -2.60. The third-order valence-corrected chi connectivity index (χ3v) is 12.0. The number of hydrogen-bond donors (Lipinski definition) is 3. The monoisotopic (exact) mass is 753 g/mol. The fraction of sp³-hybridized carbons (Fsp3) is 0.789. The number of thiophene rings is 1. The second-order valence-electron chi connectivity index (χ2n) is 15.5. The van der Waals surface area contributed by atoms with Crippen LogP contribution in [0.2, 0.25) is 0 Å². The molecule has 0 spiro atoms. The molecule has 0 radical (unpaired) electrons. The van der Waals surface area contributed by atoms with Crippen LogP contribution in [0.5, 0.6) is 0 Å². The third kappa shape index (κ3) is 10.1. The van der Waals surface area contributed by atoms with Crippen LogP contribution in [-0.4, -0.2) is 125 Å². The van der Waals surface area contributed by atoms with Gasteiger partial charge < -0.3 is 43.9 Å². The number of hydrogen-bond acceptors (Lipinski definition) is 14. The number of ether oxygens (including phenoxy) is 5. The lowest BCUT2D eigenvalue weighted by Gasteiger charge is -2.48. The second-order valence-corrected chi connectivity index (χ2v) is 16.4. The second kappa shape index (κ2) is 18.4. The first-order valence-corrected chi connectivity index (χ1v) is 19.2. The van der Waals surface area contributed by atoms with E-state index in [2.05, 4.69) is 5.10 Å². The molecule has 2 fully saturated rings. The van der Waals surface area contributed by atoms with Gasteiger partial charge in [-0.15, -0.1) is 11.3 Å². The predicted octanol–water partition coefficient (Wildman–Crippen LogP) is 4.44. The van der Waals surface area contributed by atoms with Crippen LogP contribution in [0.1, 0.15) is 93.4 Å². The molecule has 296 valence electrons. The molecule has 0 amide bonds. The van der Waals surface area contributed by atoms with E-state index in [1.54, 1.807) is 34.8 Å². The molecule has 2 saturated heterocycles. The molecular formula is C38H63N3O10S. The molecule has 1 aromatic heterocycles. The van der Waals surface area contributed by atoms with Crippen molar-refractivity contribution in [2.45, 2.75) is 149 Å². The number of nitrogens with zero attached hydrogens (tertiary/aromatic N) is 3. The summed E-state index contributed by atoms with van der Waals surface area (Å²) in [7, 11) is 5.32. The highest BCUT2D eigenvalue weighted by atomic mass is 32.1. The van der Waals surface area contributed by atoms with E-state index in [4.69, 9.17) is 28.8 Å². The fourth-order valence-corrected chi connectivity index (χ4v) is 8.51. The van der Waals surface area contributed by atoms with Crippen LogP contribution in [0.15, 0.2) is 27.7 Å². The quantitative estimate of drug-likeness (QED) is 0.195. The van der Waals surface area contributed by atoms with Crippen molar-refractivity contribution in [3.05, 3.63) is 22.4 Å². The Hall–Kier alpha value is -2.30. The van der Waals surface area contributed by atoms with E-state index in [0.29, 0.717) is 17.8 Å². The van der Waals surface area contributed by atoms with Gasteiger partial charge in [-0.3, -0.25) is 9.59 Å². The Balaban J connectivity index is 2.27. The van der Waals surface area contributed by atoms with Crippen LogP contribution < -0.4 is 0 Å². The number of carbonyl (C=O) groups excluding carboxylic acids is 2. The molecule has 14 heteroatoms. The van der Waals surface area contributed by atoms with E-state index < -0.39 is 83.6 Å². The Kier molecular flexibility index (Phi) is 15.6. The van der Waals surface area contributed by atoms with Crippen LogP contribution in [0.4, 0.5) is 0 Å². The maximum atomic E-state index is 13.9. The molecule has 0 bridgehead atoms. The van der Waals surface area contributed by atoms with Gasteiger partial charge in [0.25, 0.3) is 0 Å². The molecule has 3 heterocycles. The Morgan fingerprint density at radius 3 is 2.31 bits per heavy atom. The first kappa shape index (κ1) is 44.1. The lowest BCUT2D eigenvalue weighted by atomic mass is 9.73. The van der Waals surface area contributed by atoms with Gasteiger partial charge in [-0.05, 0) is 85.3 Å². The number of aliphatic hydroxyl groups excluding tert-OH is 2. The molecule has 14 unspecified atom stereocenters. The molecule has 52 heavy (non-hydrogen) atoms. The smallest absolute Gasteiger partial charge is 0.312 e. The SMILES string of the molecule is CCC1OC(=O)C(C)C(OC(C)=O)C(C)C(OC2OC(C)CC(N(C)C)C2O)C(C)(OC)CC(C)C(=NN=C(C)c2cccs2)C(C)C(O)C1(C)O. The molecule has 1 aromatic rings. The summed E-state index contributed by atoms with van der Waals surface area (Å²) in [5.41, 5.74) is -1.92. The van der Waals surface area contributed by atoms with Gasteiger partial charge in [0.15, 0.2) is 6.29 Å². The van der Waals surface area contributed by atoms with Crippen LogP contribution >= 0.6 is 11.3 Å². The summed E-state index contributed by atoms with van der Waals surface area (Å²) in [6.07, 6.45) is -5.89. The highest BCUT2D eigenvalue weighted by molar-refractivity contribution is 7.12. The minimum atomic E-state index is -1.90. The van der Waals surface area contributed by atoms with Gasteiger partial charge in [0, 0.05) is 37.6 Å². The van der Waals surface area contributed by atoms with Crippen molar-refractivity contribution in [3.63, 3.8) is 0 Å². The normalized spacial score (nSPS) is 41.1. The minimum Gasteiger partial charge on any atom is -0.461 e. The maximum absolute atomic E-state index is 13.9. The zero-order valence-corrected chi connectivity index (χ0v) is 34.0. The van der Waals surface area contributed by atoms with Gasteiger partial charge in [-0.2, -0.15) is 10.2 Å². The largest absolute Gasteiger partial charge is 0.461 e. The number of likely N-dealkylation sites (N-methyl/N-ethyl adjacent to an activating group) is 1. The average molecular weight is 754 g/mol. The van der Waals surface area contributed by atoms with Crippen molar-refractivity contribution >= 4 is 34.7 Å². The maximum Gasteiger partial charge on any atom is 0.312 e. The van der Waals surface area contributed by atoms with Gasteiger partial charge in [-0.25, -0.2) is 0 Å². The molecule has 14 atom stereocenters. The predicted molar refractivity (Wildman–Crippen MR) is 200 cm³/mol. The van der Waals surface area contributed by atoms with E-state index in [1.807, 2.05) is 64.2 Å². The number of rotatable bonds is 8. The zero-order chi connectivity index (χ0) is 39.3. The Bertz CT molecular complexity index is 1390. The van der Waals surface area contributed by atoms with Gasteiger partial charge in [-0.1, -0.05) is 33.8 Å². The molecule has 3 N–H and O–H groups in total. The fourth-order valence-electron chi connectivity index (χ4n) is 7.84. The summed E-state index contributed by atoms with van der Waals surface area (Å²) in [4.78, 5) is 29.4. The summed E-state index contributed by atoms with van der Waals surface area (Å²) in [6.45, 7) is 17.2. The third-order valence-electron chi connectivity index (χ3n) is 11.0. The molecule has 13 nitrogen and oxygen atoms in total. The van der Waals surface area contributed by atoms with E-state index in [1.165, 1.54) is 25.2 Å². The molecule has 2 aliphatic rings. The zero-order valence-electron chi connectivity index (χ0n) is 33.2. The summed E-state index contributed by atoms with van der Waals surface area (Å²) in [6, 6.07) is 3.60. The minimum absolute atomic E-state index is 0.191. The summed E-state index contributed by atoms with van der Waals surface area (Å²) < 4.78 is 31.2. The van der Waals surface area contributed by atoms with Crippen molar-refractivity contribution in [2.24, 2.45) is 33.9 Å². The van der Waals surface area contributed by atoms with Gasteiger partial charge >= 0.3 is 11.9 Å². The molecular weight excluding hydrogens is 690 g/mol. The van der Waals surface area contributed by atoms with Crippen molar-refractivity contribution < 1.29 is 48.6 Å². The first-order chi connectivity index (χ1) is 24.2. The first-order valence-electron chi connectivity index (χ1n) is 18.3. The van der Waals surface area contributed by atoms with E-state index in [9.17, 15) is 24.9 Å². The molecule has 0 aromatic carbocycles. The summed E-state index contributed by atoms with van der Waals surface area (Å²) >= 11 is 1.53. The van der Waals surface area contributed by atoms with E-state index in [0.717, 1.165) is 4.88 Å². The molecule has 0 aliphatic carbocycles. The van der Waals surface area contributed by atoms with Crippen LogP contribution in [-0.2, 0) is 33.3 Å². The highest BCUT2D eigenvalue weighted by Gasteiger charge is 2.52. The Labute approximate surface area is 313 Å². The van der Waals surface area contributed by atoms with Crippen molar-refractivity contribution in [3.8, 4) is 0 Å². The Morgan fingerprint density at radius 1 is 1.12 bits per heavy atom. The van der Waals surface area contributed by atoms with E-state index >= 15 is 0 Å². The number of methoxy groups -OCH3 is 1. The number of esters is 2. The average Bonchev–Trinajstić information content (AvgIpc) is 3.63. The van der Waals surface area contributed by atoms with Gasteiger partial charge in [0.1, 0.15) is 23.9 Å². The van der Waals surface area contributed by atoms with Crippen molar-refractivity contribution in [1.82, 2.24) is 4.90 Å². The summed E-state index contributed by atoms with van der Waals surface area (Å²) in [5.74, 6) is -4.27. The number of cyclic esters (lactones) is 1. The number of carbonyl (C=O) groups is 2. The van der Waals surface area contributed by atoms with Crippen LogP contribution in [0.3, 0.4) is 0 Å². The standard InChI is InChI=1S/C38H63N3O10S/c1-14-29-38(10,46)33(44)22(4)30(40-39-25(7)28-16-15-17-52-28)20(2)19-37(9,47-13)34(23(5)32(49-26(8)42)24(6)35(45)50-29)51-36-31(43)27(41(11)12)18-21(3)48-36/h15-17,20-24,27,29,31-34,36,43-44,46H,14,18-19H2,1-13H3. The van der Waals surface area contributed by atoms with E-state index in [-0.39, 0.29) is 25.0 Å². The summed E-state index contributed by atoms with van der Waals surface area (Å²) in [5, 5.41) is 46.5. The molecule has 2 aliphatic heterocycles. The van der Waals surface area contributed by atoms with Crippen LogP contribution in [0.25, 0.3) is 0 Å². The van der Waals surface area contributed by atoms with Crippen molar-refractivity contribution in [2.75, 3.05) is 21.2 Å². The molecule has 0 saturated carbocycles. The van der Waals surface area contributed by atoms with Gasteiger partial charge in [0.2, 0.25) is 0 Å². The van der Waals surface area contributed by atoms with Gasteiger partial charge in [0.05, 0.1) is 40.4 Å². The topological polar surface area (TPSA) is 169 Å². The highest BCUT2D eigenvalue weighted by Crippen LogP contribution is 2.40. The lowest BCUT2D eigenvalue weighted by molar-refractivity contribution is -0.301. The Morgan fingerprint density at radius 2 is 1.77 bits per heavy atom. The number of aliphatic hydroxyl groups is 3. The molecule has 3 rings (SSSR count). The van der Waals surface area contributed by atoms with Crippen molar-refractivity contribution in [1.29, 1.82) is 0 Å². The van der Waals surface area contributed by atoms with Crippen LogP contribution in [0, 0.1) is 23.7 Å².